The lowest BCUT2D eigenvalue weighted by molar-refractivity contribution is -0.870. The number of esters is 1. The topological polar surface area (TPSA) is 107 Å². The Morgan fingerprint density at radius 1 is 0.712 bits per heavy atom. The largest absolute Gasteiger partial charge is 0.756 e. The number of hydrogen-bond acceptors (Lipinski definition) is 8. The summed E-state index contributed by atoms with van der Waals surface area (Å²) in [4.78, 5) is 24.8. The molecule has 4 atom stereocenters. The van der Waals surface area contributed by atoms with E-state index in [0.717, 1.165) is 57.8 Å². The SMILES string of the molecule is CCCCCCCCCCCCCC/C=C/O[C@H](COC(=O)CCCCCCC/C=C\CC1OC1CCCCC)COP(=O)([O-])OCC[N+](C)(C)C. The highest BCUT2D eigenvalue weighted by Crippen LogP contribution is 2.38. The van der Waals surface area contributed by atoms with Crippen LogP contribution in [0.1, 0.15) is 174 Å². The van der Waals surface area contributed by atoms with Gasteiger partial charge in [0.15, 0.2) is 6.10 Å². The number of quaternary nitrogens is 1. The van der Waals surface area contributed by atoms with Crippen LogP contribution in [0.5, 0.6) is 0 Å². The number of carbonyl (C=O) groups is 1. The number of ether oxygens (including phenoxy) is 3. The molecule has 9 nitrogen and oxygen atoms in total. The van der Waals surface area contributed by atoms with Gasteiger partial charge in [-0.25, -0.2) is 0 Å². The van der Waals surface area contributed by atoms with Gasteiger partial charge >= 0.3 is 5.97 Å². The quantitative estimate of drug-likeness (QED) is 0.0117. The molecule has 0 aromatic carbocycles. The van der Waals surface area contributed by atoms with E-state index in [1.165, 1.54) is 96.3 Å². The van der Waals surface area contributed by atoms with Gasteiger partial charge in [0.05, 0.1) is 46.2 Å². The average molecular weight is 758 g/mol. The van der Waals surface area contributed by atoms with Crippen molar-refractivity contribution in [1.29, 1.82) is 0 Å². The van der Waals surface area contributed by atoms with E-state index < -0.39 is 13.9 Å². The van der Waals surface area contributed by atoms with Gasteiger partial charge in [-0.3, -0.25) is 9.36 Å². The minimum absolute atomic E-state index is 0.0237. The molecule has 10 heteroatoms. The van der Waals surface area contributed by atoms with Gasteiger partial charge in [0.25, 0.3) is 7.82 Å². The Morgan fingerprint density at radius 3 is 1.88 bits per heavy atom. The fraction of sp³-hybridized carbons (Fsp3) is 0.881. The van der Waals surface area contributed by atoms with Crippen LogP contribution in [0.3, 0.4) is 0 Å². The van der Waals surface area contributed by atoms with Crippen LogP contribution in [0.4, 0.5) is 0 Å². The van der Waals surface area contributed by atoms with Crippen LogP contribution in [-0.4, -0.2) is 76.3 Å². The summed E-state index contributed by atoms with van der Waals surface area (Å²) in [7, 11) is 1.35. The third kappa shape index (κ3) is 32.2. The zero-order valence-corrected chi connectivity index (χ0v) is 35.1. The third-order valence-corrected chi connectivity index (χ3v) is 10.5. The van der Waals surface area contributed by atoms with Crippen molar-refractivity contribution in [3.63, 3.8) is 0 Å². The molecule has 0 N–H and O–H groups in total. The fourth-order valence-corrected chi connectivity index (χ4v) is 6.74. The van der Waals surface area contributed by atoms with Gasteiger partial charge in [0.2, 0.25) is 0 Å². The number of phosphoric ester groups is 1. The van der Waals surface area contributed by atoms with Crippen molar-refractivity contribution in [2.45, 2.75) is 193 Å². The molecule has 0 radical (unpaired) electrons. The molecule has 0 bridgehead atoms. The molecular formula is C42H80NO8P. The zero-order chi connectivity index (χ0) is 38.2. The Morgan fingerprint density at radius 2 is 1.27 bits per heavy atom. The first-order chi connectivity index (χ1) is 25.1. The number of rotatable bonds is 38. The molecule has 0 spiro atoms. The number of likely N-dealkylation sites (N-methyl/N-ethyl adjacent to an activating group) is 1. The minimum Gasteiger partial charge on any atom is -0.756 e. The van der Waals surface area contributed by atoms with Crippen molar-refractivity contribution < 1.29 is 42.0 Å². The molecular weight excluding hydrogens is 677 g/mol. The number of phosphoric acid groups is 1. The molecule has 1 saturated heterocycles. The molecule has 306 valence electrons. The molecule has 3 unspecified atom stereocenters. The van der Waals surface area contributed by atoms with Gasteiger partial charge in [-0.2, -0.15) is 0 Å². The summed E-state index contributed by atoms with van der Waals surface area (Å²) in [5.74, 6) is -0.309. The molecule has 1 heterocycles. The fourth-order valence-electron chi connectivity index (χ4n) is 6.01. The molecule has 0 aromatic rings. The Labute approximate surface area is 319 Å². The summed E-state index contributed by atoms with van der Waals surface area (Å²) in [6, 6.07) is 0. The van der Waals surface area contributed by atoms with E-state index in [4.69, 9.17) is 23.3 Å². The maximum atomic E-state index is 12.5. The van der Waals surface area contributed by atoms with E-state index in [-0.39, 0.29) is 25.8 Å². The van der Waals surface area contributed by atoms with Gasteiger partial charge in [0.1, 0.15) is 19.8 Å². The molecule has 0 aliphatic carbocycles. The van der Waals surface area contributed by atoms with Gasteiger partial charge < -0.3 is 32.6 Å². The summed E-state index contributed by atoms with van der Waals surface area (Å²) in [5, 5.41) is 0. The van der Waals surface area contributed by atoms with Crippen molar-refractivity contribution in [2.24, 2.45) is 0 Å². The number of hydrogen-bond donors (Lipinski definition) is 0. The van der Waals surface area contributed by atoms with Crippen molar-refractivity contribution >= 4 is 13.8 Å². The molecule has 1 aliphatic rings. The first kappa shape index (κ1) is 48.8. The Hall–Kier alpha value is -1.22. The standard InChI is InChI=1S/C42H80NO8P/c1-6-8-10-11-12-13-14-15-16-17-20-23-26-30-35-47-39(38-50-52(45,46)49-36-34-43(3,4)5)37-48-42(44)33-29-25-22-19-18-21-24-28-32-41-40(51-41)31-27-9-7-2/h24,28,30,35,39-41H,6-23,25-27,29,31-34,36-38H2,1-5H3/b28-24-,35-30+/t39-,40?,41?/m1/s1. The number of epoxide rings is 1. The zero-order valence-electron chi connectivity index (χ0n) is 34.2. The summed E-state index contributed by atoms with van der Waals surface area (Å²) >= 11 is 0. The van der Waals surface area contributed by atoms with Crippen molar-refractivity contribution in [1.82, 2.24) is 0 Å². The number of unbranched alkanes of at least 4 members (excludes halogenated alkanes) is 19. The van der Waals surface area contributed by atoms with Gasteiger partial charge in [-0.1, -0.05) is 135 Å². The summed E-state index contributed by atoms with van der Waals surface area (Å²) < 4.78 is 40.1. The van der Waals surface area contributed by atoms with Gasteiger partial charge in [-0.05, 0) is 51.0 Å². The molecule has 0 saturated carbocycles. The van der Waals surface area contributed by atoms with Crippen LogP contribution in [-0.2, 0) is 32.6 Å². The minimum atomic E-state index is -4.52. The van der Waals surface area contributed by atoms with E-state index in [0.29, 0.717) is 29.7 Å². The summed E-state index contributed by atoms with van der Waals surface area (Å²) in [6.45, 7) is 4.66. The van der Waals surface area contributed by atoms with Crippen LogP contribution >= 0.6 is 7.82 Å². The van der Waals surface area contributed by atoms with Crippen LogP contribution in [0.25, 0.3) is 0 Å². The van der Waals surface area contributed by atoms with Crippen molar-refractivity contribution in [2.75, 3.05) is 47.5 Å². The normalized spacial score (nSPS) is 17.9. The predicted octanol–water partition coefficient (Wildman–Crippen LogP) is 10.8. The average Bonchev–Trinajstić information content (AvgIpc) is 3.85. The second-order valence-corrected chi connectivity index (χ2v) is 17.2. The van der Waals surface area contributed by atoms with Crippen molar-refractivity contribution in [3.8, 4) is 0 Å². The third-order valence-electron chi connectivity index (χ3n) is 9.52. The van der Waals surface area contributed by atoms with Crippen LogP contribution < -0.4 is 4.89 Å². The highest BCUT2D eigenvalue weighted by molar-refractivity contribution is 7.45. The van der Waals surface area contributed by atoms with Crippen LogP contribution in [0.2, 0.25) is 0 Å². The molecule has 52 heavy (non-hydrogen) atoms. The van der Waals surface area contributed by atoms with E-state index >= 15 is 0 Å². The molecule has 0 amide bonds. The predicted molar refractivity (Wildman–Crippen MR) is 212 cm³/mol. The number of nitrogens with zero attached hydrogens (tertiary/aromatic N) is 1. The van der Waals surface area contributed by atoms with E-state index in [1.807, 2.05) is 27.2 Å². The summed E-state index contributed by atoms with van der Waals surface area (Å²) in [6.07, 6.45) is 37.4. The van der Waals surface area contributed by atoms with Gasteiger partial charge in [-0.15, -0.1) is 0 Å². The lowest BCUT2D eigenvalue weighted by Gasteiger charge is -2.28. The molecule has 1 aliphatic heterocycles. The van der Waals surface area contributed by atoms with E-state index in [2.05, 4.69) is 26.0 Å². The molecule has 0 aromatic heterocycles. The maximum Gasteiger partial charge on any atom is 0.305 e. The lowest BCUT2D eigenvalue weighted by atomic mass is 10.0. The second-order valence-electron chi connectivity index (χ2n) is 15.8. The molecule has 1 rings (SSSR count). The highest BCUT2D eigenvalue weighted by Gasteiger charge is 2.36. The first-order valence-electron chi connectivity index (χ1n) is 21.2. The second kappa shape index (κ2) is 32.1. The smallest absolute Gasteiger partial charge is 0.305 e. The van der Waals surface area contributed by atoms with Crippen molar-refractivity contribution in [3.05, 3.63) is 24.5 Å². The number of carbonyl (C=O) groups excluding carboxylic acids is 1. The summed E-state index contributed by atoms with van der Waals surface area (Å²) in [5.41, 5.74) is 0. The van der Waals surface area contributed by atoms with E-state index in [1.54, 1.807) is 6.26 Å². The molecule has 1 fully saturated rings. The Bertz CT molecular complexity index is 953. The van der Waals surface area contributed by atoms with E-state index in [9.17, 15) is 14.3 Å². The number of allylic oxidation sites excluding steroid dienone is 2. The lowest BCUT2D eigenvalue weighted by Crippen LogP contribution is -2.37. The highest BCUT2D eigenvalue weighted by atomic mass is 31.2. The first-order valence-corrected chi connectivity index (χ1v) is 22.7. The van der Waals surface area contributed by atoms with Crippen LogP contribution in [0, 0.1) is 0 Å². The Kier molecular flexibility index (Phi) is 30.1. The maximum absolute atomic E-state index is 12.5. The monoisotopic (exact) mass is 758 g/mol. The Balaban J connectivity index is 2.25. The van der Waals surface area contributed by atoms with Crippen LogP contribution in [0.15, 0.2) is 24.5 Å². The van der Waals surface area contributed by atoms with Gasteiger partial charge in [0, 0.05) is 6.42 Å².